The highest BCUT2D eigenvalue weighted by Gasteiger charge is 2.14. The Balaban J connectivity index is 1.88. The van der Waals surface area contributed by atoms with Crippen LogP contribution in [0.2, 0.25) is 0 Å². The maximum Gasteiger partial charge on any atom is 0.247 e. The van der Waals surface area contributed by atoms with Crippen LogP contribution in [0.3, 0.4) is 0 Å². The van der Waals surface area contributed by atoms with Crippen LogP contribution < -0.4 is 5.32 Å². The Morgan fingerprint density at radius 1 is 1.00 bits per heavy atom. The molecule has 124 valence electrons. The molecule has 0 spiro atoms. The molecule has 0 fully saturated rings. The molecule has 0 radical (unpaired) electrons. The van der Waals surface area contributed by atoms with Crippen molar-refractivity contribution in [3.8, 4) is 22.9 Å². The van der Waals surface area contributed by atoms with Crippen LogP contribution in [0, 0.1) is 6.92 Å². The summed E-state index contributed by atoms with van der Waals surface area (Å²) in [6, 6.07) is 11.8. The zero-order valence-electron chi connectivity index (χ0n) is 13.2. The Labute approximate surface area is 142 Å². The maximum atomic E-state index is 10.1. The summed E-state index contributed by atoms with van der Waals surface area (Å²) in [5.74, 6) is 1.78. The van der Waals surface area contributed by atoms with Crippen molar-refractivity contribution in [3.63, 3.8) is 0 Å². The van der Waals surface area contributed by atoms with E-state index in [1.807, 2.05) is 24.3 Å². The first-order valence-electron chi connectivity index (χ1n) is 7.55. The van der Waals surface area contributed by atoms with Crippen LogP contribution in [0.4, 0.5) is 11.8 Å². The van der Waals surface area contributed by atoms with Gasteiger partial charge in [0.25, 0.3) is 0 Å². The molecule has 4 rings (SSSR count). The molecular formula is C17H14N6O2. The van der Waals surface area contributed by atoms with Crippen molar-refractivity contribution in [2.24, 2.45) is 0 Å². The maximum absolute atomic E-state index is 10.1. The molecule has 0 saturated heterocycles. The highest BCUT2D eigenvalue weighted by atomic mass is 16.3. The second kappa shape index (κ2) is 5.75. The summed E-state index contributed by atoms with van der Waals surface area (Å²) in [6.07, 6.45) is 0. The van der Waals surface area contributed by atoms with Gasteiger partial charge in [-0.15, -0.1) is 5.10 Å². The number of aromatic amines is 1. The summed E-state index contributed by atoms with van der Waals surface area (Å²) < 4.78 is 0. The lowest BCUT2D eigenvalue weighted by molar-refractivity contribution is 0.451. The molecule has 2 aromatic carbocycles. The van der Waals surface area contributed by atoms with Gasteiger partial charge in [0.1, 0.15) is 23.1 Å². The standard InChI is InChI=1S/C17H14N6O2/c1-9-18-17(23-22-9)21-15-11-4-2-3-5-13(11)19-16(20-15)12-7-6-10(24)8-14(12)25/h2-8,24-25H,1H3,(H2,18,19,20,21,22,23). The first kappa shape index (κ1) is 14.9. The van der Waals surface area contributed by atoms with E-state index in [-0.39, 0.29) is 11.5 Å². The van der Waals surface area contributed by atoms with E-state index in [4.69, 9.17) is 0 Å². The van der Waals surface area contributed by atoms with Crippen LogP contribution in [0.5, 0.6) is 11.5 Å². The van der Waals surface area contributed by atoms with E-state index >= 15 is 0 Å². The van der Waals surface area contributed by atoms with Gasteiger partial charge < -0.3 is 15.5 Å². The Morgan fingerprint density at radius 3 is 2.60 bits per heavy atom. The average Bonchev–Trinajstić information content (AvgIpc) is 2.99. The third-order valence-electron chi connectivity index (χ3n) is 3.65. The van der Waals surface area contributed by atoms with Gasteiger partial charge in [-0.1, -0.05) is 12.1 Å². The van der Waals surface area contributed by atoms with Crippen molar-refractivity contribution in [1.82, 2.24) is 25.1 Å². The normalized spacial score (nSPS) is 10.9. The summed E-state index contributed by atoms with van der Waals surface area (Å²) in [6.45, 7) is 1.80. The molecule has 0 aliphatic rings. The largest absolute Gasteiger partial charge is 0.508 e. The number of nitrogens with one attached hydrogen (secondary N) is 2. The fourth-order valence-corrected chi connectivity index (χ4v) is 2.51. The topological polar surface area (TPSA) is 120 Å². The number of aryl methyl sites for hydroxylation is 1. The first-order chi connectivity index (χ1) is 12.1. The molecule has 8 heteroatoms. The summed E-state index contributed by atoms with van der Waals surface area (Å²) in [5, 5.41) is 30.3. The van der Waals surface area contributed by atoms with Crippen molar-refractivity contribution in [2.45, 2.75) is 6.92 Å². The van der Waals surface area contributed by atoms with E-state index in [1.54, 1.807) is 13.0 Å². The van der Waals surface area contributed by atoms with E-state index in [9.17, 15) is 10.2 Å². The number of aromatic hydroxyl groups is 2. The predicted molar refractivity (Wildman–Crippen MR) is 92.7 cm³/mol. The van der Waals surface area contributed by atoms with Crippen molar-refractivity contribution in [2.75, 3.05) is 5.32 Å². The van der Waals surface area contributed by atoms with E-state index in [0.717, 1.165) is 5.39 Å². The Bertz CT molecular complexity index is 1080. The van der Waals surface area contributed by atoms with Crippen LogP contribution >= 0.6 is 0 Å². The van der Waals surface area contributed by atoms with Gasteiger partial charge >= 0.3 is 0 Å². The van der Waals surface area contributed by atoms with Gasteiger partial charge in [-0.05, 0) is 31.2 Å². The number of nitrogens with zero attached hydrogens (tertiary/aromatic N) is 4. The van der Waals surface area contributed by atoms with E-state index in [1.165, 1.54) is 12.1 Å². The SMILES string of the molecule is Cc1nc(Nc2nc(-c3ccc(O)cc3O)nc3ccccc23)n[nH]1. The van der Waals surface area contributed by atoms with Gasteiger partial charge in [-0.25, -0.2) is 9.97 Å². The van der Waals surface area contributed by atoms with Gasteiger partial charge in [0.2, 0.25) is 5.95 Å². The van der Waals surface area contributed by atoms with Gasteiger partial charge in [0.15, 0.2) is 5.82 Å². The van der Waals surface area contributed by atoms with Gasteiger partial charge in [-0.3, -0.25) is 5.10 Å². The Morgan fingerprint density at radius 2 is 1.84 bits per heavy atom. The molecule has 4 aromatic rings. The smallest absolute Gasteiger partial charge is 0.247 e. The van der Waals surface area contributed by atoms with E-state index < -0.39 is 0 Å². The molecule has 0 amide bonds. The minimum absolute atomic E-state index is 0.0309. The third-order valence-corrected chi connectivity index (χ3v) is 3.65. The Kier molecular flexibility index (Phi) is 3.42. The molecule has 0 saturated carbocycles. The van der Waals surface area contributed by atoms with Crippen LogP contribution in [-0.4, -0.2) is 35.4 Å². The van der Waals surface area contributed by atoms with Gasteiger partial charge in [0.05, 0.1) is 11.1 Å². The Hall–Kier alpha value is -3.68. The average molecular weight is 334 g/mol. The third kappa shape index (κ3) is 2.80. The lowest BCUT2D eigenvalue weighted by Crippen LogP contribution is -2.00. The van der Waals surface area contributed by atoms with Crippen molar-refractivity contribution in [3.05, 3.63) is 48.3 Å². The molecule has 0 atom stereocenters. The number of hydrogen-bond donors (Lipinski definition) is 4. The van der Waals surface area contributed by atoms with Crippen LogP contribution in [0.15, 0.2) is 42.5 Å². The number of phenols is 2. The molecule has 2 aromatic heterocycles. The van der Waals surface area contributed by atoms with Crippen molar-refractivity contribution < 1.29 is 10.2 Å². The molecule has 0 bridgehead atoms. The van der Waals surface area contributed by atoms with Crippen LogP contribution in [-0.2, 0) is 0 Å². The molecule has 25 heavy (non-hydrogen) atoms. The lowest BCUT2D eigenvalue weighted by Gasteiger charge is -2.10. The van der Waals surface area contributed by atoms with Crippen LogP contribution in [0.25, 0.3) is 22.3 Å². The summed E-state index contributed by atoms with van der Waals surface area (Å²) >= 11 is 0. The van der Waals surface area contributed by atoms with Gasteiger partial charge in [-0.2, -0.15) is 4.98 Å². The summed E-state index contributed by atoms with van der Waals surface area (Å²) in [7, 11) is 0. The minimum Gasteiger partial charge on any atom is -0.508 e. The number of para-hydroxylation sites is 1. The molecule has 0 unspecified atom stereocenters. The quantitative estimate of drug-likeness (QED) is 0.454. The zero-order chi connectivity index (χ0) is 17.4. The molecule has 4 N–H and O–H groups in total. The number of benzene rings is 2. The highest BCUT2D eigenvalue weighted by molar-refractivity contribution is 5.92. The van der Waals surface area contributed by atoms with Crippen molar-refractivity contribution in [1.29, 1.82) is 0 Å². The zero-order valence-corrected chi connectivity index (χ0v) is 13.2. The van der Waals surface area contributed by atoms with Crippen LogP contribution in [0.1, 0.15) is 5.82 Å². The number of rotatable bonds is 3. The van der Waals surface area contributed by atoms with E-state index in [0.29, 0.717) is 34.5 Å². The first-order valence-corrected chi connectivity index (χ1v) is 7.55. The van der Waals surface area contributed by atoms with E-state index in [2.05, 4.69) is 30.5 Å². The fraction of sp³-hybridized carbons (Fsp3) is 0.0588. The second-order valence-corrected chi connectivity index (χ2v) is 5.48. The minimum atomic E-state index is -0.102. The van der Waals surface area contributed by atoms with Crippen molar-refractivity contribution >= 4 is 22.7 Å². The molecule has 0 aliphatic carbocycles. The summed E-state index contributed by atoms with van der Waals surface area (Å²) in [5.41, 5.74) is 1.12. The lowest BCUT2D eigenvalue weighted by atomic mass is 10.1. The predicted octanol–water partition coefficient (Wildman–Crippen LogP) is 2.88. The number of fused-ring (bicyclic) bond motifs is 1. The number of H-pyrrole nitrogens is 1. The molecule has 8 nitrogen and oxygen atoms in total. The number of phenolic OH excluding ortho intramolecular Hbond substituents is 2. The highest BCUT2D eigenvalue weighted by Crippen LogP contribution is 2.32. The second-order valence-electron chi connectivity index (χ2n) is 5.48. The number of anilines is 2. The molecule has 2 heterocycles. The van der Waals surface area contributed by atoms with Gasteiger partial charge in [0, 0.05) is 11.5 Å². The molecule has 0 aliphatic heterocycles. The fourth-order valence-electron chi connectivity index (χ4n) is 2.51. The molecular weight excluding hydrogens is 320 g/mol. The summed E-state index contributed by atoms with van der Waals surface area (Å²) in [4.78, 5) is 13.2. The monoisotopic (exact) mass is 334 g/mol. The number of aromatic nitrogens is 5. The number of hydrogen-bond acceptors (Lipinski definition) is 7.